The lowest BCUT2D eigenvalue weighted by molar-refractivity contribution is -0.196. The van der Waals surface area contributed by atoms with Crippen LogP contribution in [0.4, 0.5) is 13.2 Å². The van der Waals surface area contributed by atoms with Crippen LogP contribution in [-0.4, -0.2) is 25.8 Å². The summed E-state index contributed by atoms with van der Waals surface area (Å²) >= 11 is 0. The number of nitrogens with zero attached hydrogens (tertiary/aromatic N) is 1. The molecule has 0 aliphatic rings. The normalized spacial score (nSPS) is 14.8. The Morgan fingerprint density at radius 1 is 1.44 bits per heavy atom. The fourth-order valence-corrected chi connectivity index (χ4v) is 1.57. The maximum Gasteiger partial charge on any atom is 0.420 e. The van der Waals surface area contributed by atoms with Gasteiger partial charge in [-0.3, -0.25) is 9.17 Å². The standard InChI is InChI=1S/C8H8F3NO3S/c1-16(13,14)15-7(8(9,10)11)6-3-2-4-12-5-6/h2-5,7H,1H3. The molecule has 16 heavy (non-hydrogen) atoms. The number of pyridine rings is 1. The van der Waals surface area contributed by atoms with Crippen LogP contribution in [0, 0.1) is 0 Å². The molecule has 0 fully saturated rings. The molecule has 0 aliphatic heterocycles. The van der Waals surface area contributed by atoms with Crippen molar-refractivity contribution < 1.29 is 25.8 Å². The van der Waals surface area contributed by atoms with Crippen LogP contribution < -0.4 is 0 Å². The fraction of sp³-hybridized carbons (Fsp3) is 0.375. The van der Waals surface area contributed by atoms with Crippen LogP contribution in [0.25, 0.3) is 0 Å². The first-order valence-electron chi connectivity index (χ1n) is 4.05. The third kappa shape index (κ3) is 3.78. The first kappa shape index (κ1) is 12.9. The van der Waals surface area contributed by atoms with Crippen molar-refractivity contribution in [3.05, 3.63) is 30.1 Å². The van der Waals surface area contributed by atoms with Crippen LogP contribution in [0.2, 0.25) is 0 Å². The van der Waals surface area contributed by atoms with Crippen LogP contribution in [0.1, 0.15) is 11.7 Å². The third-order valence-corrected chi connectivity index (χ3v) is 2.10. The summed E-state index contributed by atoms with van der Waals surface area (Å²) in [6.07, 6.45) is -4.59. The van der Waals surface area contributed by atoms with Crippen molar-refractivity contribution in [1.82, 2.24) is 4.98 Å². The summed E-state index contributed by atoms with van der Waals surface area (Å²) < 4.78 is 63.0. The molecule has 1 unspecified atom stereocenters. The zero-order valence-electron chi connectivity index (χ0n) is 8.10. The van der Waals surface area contributed by atoms with Gasteiger partial charge in [0.15, 0.2) is 6.10 Å². The summed E-state index contributed by atoms with van der Waals surface area (Å²) in [5.41, 5.74) is -0.361. The quantitative estimate of drug-likeness (QED) is 0.771. The molecular formula is C8H8F3NO3S. The SMILES string of the molecule is CS(=O)(=O)OC(c1cccnc1)C(F)(F)F. The van der Waals surface area contributed by atoms with E-state index in [0.717, 1.165) is 12.3 Å². The van der Waals surface area contributed by atoms with Crippen LogP contribution in [0.5, 0.6) is 0 Å². The Morgan fingerprint density at radius 2 is 2.06 bits per heavy atom. The van der Waals surface area contributed by atoms with E-state index in [1.54, 1.807) is 0 Å². The molecule has 8 heteroatoms. The summed E-state index contributed by atoms with van der Waals surface area (Å²) in [5.74, 6) is 0. The molecule has 0 amide bonds. The van der Waals surface area contributed by atoms with E-state index in [0.29, 0.717) is 6.26 Å². The largest absolute Gasteiger partial charge is 0.420 e. The lowest BCUT2D eigenvalue weighted by Gasteiger charge is -2.19. The van der Waals surface area contributed by atoms with Crippen LogP contribution in [-0.2, 0) is 14.3 Å². The van der Waals surface area contributed by atoms with E-state index in [2.05, 4.69) is 9.17 Å². The average molecular weight is 255 g/mol. The molecule has 0 saturated heterocycles. The Hall–Kier alpha value is -1.15. The van der Waals surface area contributed by atoms with E-state index >= 15 is 0 Å². The lowest BCUT2D eigenvalue weighted by Crippen LogP contribution is -2.26. The van der Waals surface area contributed by atoms with Gasteiger partial charge in [-0.15, -0.1) is 0 Å². The van der Waals surface area contributed by atoms with E-state index in [1.165, 1.54) is 12.3 Å². The molecular weight excluding hydrogens is 247 g/mol. The Bertz CT molecular complexity index is 443. The van der Waals surface area contributed by atoms with Crippen LogP contribution in [0.15, 0.2) is 24.5 Å². The summed E-state index contributed by atoms with van der Waals surface area (Å²) in [4.78, 5) is 3.47. The molecule has 0 N–H and O–H groups in total. The minimum Gasteiger partial charge on any atom is -0.264 e. The number of aromatic nitrogens is 1. The molecule has 0 spiro atoms. The Labute approximate surface area is 90.2 Å². The first-order valence-corrected chi connectivity index (χ1v) is 5.87. The molecule has 1 rings (SSSR count). The van der Waals surface area contributed by atoms with Gasteiger partial charge >= 0.3 is 6.18 Å². The van der Waals surface area contributed by atoms with E-state index in [4.69, 9.17) is 0 Å². The molecule has 1 aromatic heterocycles. The lowest BCUT2D eigenvalue weighted by atomic mass is 10.1. The van der Waals surface area contributed by atoms with Crippen molar-refractivity contribution in [2.45, 2.75) is 12.3 Å². The fourth-order valence-electron chi connectivity index (χ4n) is 1.00. The second kappa shape index (κ2) is 4.38. The van der Waals surface area contributed by atoms with Crippen molar-refractivity contribution >= 4 is 10.1 Å². The van der Waals surface area contributed by atoms with Crippen molar-refractivity contribution in [2.24, 2.45) is 0 Å². The molecule has 90 valence electrons. The molecule has 1 heterocycles. The highest BCUT2D eigenvalue weighted by atomic mass is 32.2. The smallest absolute Gasteiger partial charge is 0.264 e. The summed E-state index contributed by atoms with van der Waals surface area (Å²) in [6, 6.07) is 2.36. The van der Waals surface area contributed by atoms with Gasteiger partial charge in [-0.2, -0.15) is 21.6 Å². The van der Waals surface area contributed by atoms with Gasteiger partial charge in [0.25, 0.3) is 10.1 Å². The molecule has 1 aromatic rings. The van der Waals surface area contributed by atoms with Crippen molar-refractivity contribution in [2.75, 3.05) is 6.26 Å². The van der Waals surface area contributed by atoms with E-state index in [-0.39, 0.29) is 5.56 Å². The summed E-state index contributed by atoms with van der Waals surface area (Å²) in [6.45, 7) is 0. The molecule has 4 nitrogen and oxygen atoms in total. The highest BCUT2D eigenvalue weighted by molar-refractivity contribution is 7.86. The minimum atomic E-state index is -4.81. The van der Waals surface area contributed by atoms with Crippen LogP contribution >= 0.6 is 0 Å². The van der Waals surface area contributed by atoms with Gasteiger partial charge in [-0.25, -0.2) is 0 Å². The number of halogens is 3. The van der Waals surface area contributed by atoms with Gasteiger partial charge in [-0.05, 0) is 6.07 Å². The maximum atomic E-state index is 12.5. The second-order valence-electron chi connectivity index (χ2n) is 3.01. The van der Waals surface area contributed by atoms with Crippen molar-refractivity contribution in [1.29, 1.82) is 0 Å². The third-order valence-electron chi connectivity index (χ3n) is 1.56. The van der Waals surface area contributed by atoms with Gasteiger partial charge in [0.2, 0.25) is 0 Å². The predicted molar refractivity (Wildman–Crippen MR) is 49.0 cm³/mol. The molecule has 0 bridgehead atoms. The zero-order chi connectivity index (χ0) is 12.4. The predicted octanol–water partition coefficient (Wildman–Crippen LogP) is 1.66. The highest BCUT2D eigenvalue weighted by Crippen LogP contribution is 2.36. The molecule has 0 aliphatic carbocycles. The van der Waals surface area contributed by atoms with Crippen LogP contribution in [0.3, 0.4) is 0 Å². The zero-order valence-corrected chi connectivity index (χ0v) is 8.92. The van der Waals surface area contributed by atoms with E-state index in [9.17, 15) is 21.6 Å². The van der Waals surface area contributed by atoms with Crippen molar-refractivity contribution in [3.8, 4) is 0 Å². The monoisotopic (exact) mass is 255 g/mol. The molecule has 1 atom stereocenters. The van der Waals surface area contributed by atoms with E-state index in [1.807, 2.05) is 0 Å². The topological polar surface area (TPSA) is 56.3 Å². The van der Waals surface area contributed by atoms with Gasteiger partial charge in [0.1, 0.15) is 0 Å². The maximum absolute atomic E-state index is 12.5. The van der Waals surface area contributed by atoms with Gasteiger partial charge in [0.05, 0.1) is 6.26 Å². The van der Waals surface area contributed by atoms with Gasteiger partial charge < -0.3 is 0 Å². The Morgan fingerprint density at radius 3 is 2.44 bits per heavy atom. The molecule has 0 saturated carbocycles. The molecule has 0 aromatic carbocycles. The summed E-state index contributed by atoms with van der Waals surface area (Å²) in [7, 11) is -4.20. The number of rotatable bonds is 3. The minimum absolute atomic E-state index is 0.361. The number of hydrogen-bond donors (Lipinski definition) is 0. The number of alkyl halides is 3. The Kier molecular flexibility index (Phi) is 3.54. The van der Waals surface area contributed by atoms with Crippen molar-refractivity contribution in [3.63, 3.8) is 0 Å². The van der Waals surface area contributed by atoms with Gasteiger partial charge in [-0.1, -0.05) is 6.07 Å². The second-order valence-corrected chi connectivity index (χ2v) is 4.61. The van der Waals surface area contributed by atoms with E-state index < -0.39 is 22.4 Å². The summed E-state index contributed by atoms with van der Waals surface area (Å²) in [5, 5.41) is 0. The molecule has 0 radical (unpaired) electrons. The average Bonchev–Trinajstić information content (AvgIpc) is 2.13. The number of hydrogen-bond acceptors (Lipinski definition) is 4. The first-order chi connectivity index (χ1) is 7.20. The Balaban J connectivity index is 3.08. The highest BCUT2D eigenvalue weighted by Gasteiger charge is 2.44. The van der Waals surface area contributed by atoms with Gasteiger partial charge in [0, 0.05) is 18.0 Å².